The Morgan fingerprint density at radius 2 is 1.93 bits per heavy atom. The Morgan fingerprint density at radius 3 is 2.63 bits per heavy atom. The first-order valence-electron chi connectivity index (χ1n) is 9.73. The molecule has 0 saturated heterocycles. The van der Waals surface area contributed by atoms with Gasteiger partial charge in [-0.3, -0.25) is 9.59 Å². The molecule has 1 N–H and O–H groups in total. The first-order valence-corrected chi connectivity index (χ1v) is 9.73. The van der Waals surface area contributed by atoms with Crippen LogP contribution in [0.5, 0.6) is 0 Å². The van der Waals surface area contributed by atoms with Crippen molar-refractivity contribution >= 4 is 17.5 Å². The van der Waals surface area contributed by atoms with Crippen LogP contribution in [0.2, 0.25) is 0 Å². The number of aryl methyl sites for hydroxylation is 2. The van der Waals surface area contributed by atoms with Gasteiger partial charge >= 0.3 is 0 Å². The molecule has 6 nitrogen and oxygen atoms in total. The smallest absolute Gasteiger partial charge is 0.289 e. The number of anilines is 1. The van der Waals surface area contributed by atoms with Gasteiger partial charge in [-0.05, 0) is 64.2 Å². The number of amides is 2. The molecule has 1 aromatic heterocycles. The molecule has 0 unspecified atom stereocenters. The van der Waals surface area contributed by atoms with Gasteiger partial charge < -0.3 is 14.8 Å². The second-order valence-corrected chi connectivity index (χ2v) is 7.09. The summed E-state index contributed by atoms with van der Waals surface area (Å²) in [6.45, 7) is 9.86. The lowest BCUT2D eigenvalue weighted by atomic mass is 10.1. The standard InChI is InChI=1S/C21H28N4O2/c1-5-24(6-2)21(27)19-23-18(17-9-7-8-12-25(17)19)20(26)22-16-13-14(3)10-11-15(16)4/h10-11,13H,5-9,12H2,1-4H3,(H,22,26). The maximum Gasteiger partial charge on any atom is 0.289 e. The van der Waals surface area contributed by atoms with Crippen molar-refractivity contribution in [1.82, 2.24) is 14.5 Å². The van der Waals surface area contributed by atoms with Crippen molar-refractivity contribution in [3.63, 3.8) is 0 Å². The molecule has 0 radical (unpaired) electrons. The summed E-state index contributed by atoms with van der Waals surface area (Å²) in [5, 5.41) is 2.99. The highest BCUT2D eigenvalue weighted by atomic mass is 16.2. The van der Waals surface area contributed by atoms with Gasteiger partial charge in [-0.1, -0.05) is 12.1 Å². The fraction of sp³-hybridized carbons (Fsp3) is 0.476. The van der Waals surface area contributed by atoms with Gasteiger partial charge in [-0.2, -0.15) is 0 Å². The molecule has 0 saturated carbocycles. The molecular formula is C21H28N4O2. The van der Waals surface area contributed by atoms with Crippen LogP contribution >= 0.6 is 0 Å². The number of aromatic nitrogens is 2. The number of hydrogen-bond donors (Lipinski definition) is 1. The summed E-state index contributed by atoms with van der Waals surface area (Å²) in [4.78, 5) is 32.1. The van der Waals surface area contributed by atoms with E-state index in [0.29, 0.717) is 24.6 Å². The van der Waals surface area contributed by atoms with Gasteiger partial charge in [0, 0.05) is 25.3 Å². The number of rotatable bonds is 5. The van der Waals surface area contributed by atoms with E-state index in [1.165, 1.54) is 0 Å². The largest absolute Gasteiger partial charge is 0.337 e. The minimum Gasteiger partial charge on any atom is -0.337 e. The topological polar surface area (TPSA) is 67.2 Å². The van der Waals surface area contributed by atoms with E-state index in [1.54, 1.807) is 4.90 Å². The van der Waals surface area contributed by atoms with Crippen LogP contribution in [0.3, 0.4) is 0 Å². The molecule has 2 amide bonds. The van der Waals surface area contributed by atoms with Crippen LogP contribution in [0.1, 0.15) is 64.6 Å². The molecule has 0 bridgehead atoms. The van der Waals surface area contributed by atoms with E-state index in [4.69, 9.17) is 0 Å². The van der Waals surface area contributed by atoms with Gasteiger partial charge in [0.05, 0.1) is 5.69 Å². The van der Waals surface area contributed by atoms with Crippen molar-refractivity contribution in [2.75, 3.05) is 18.4 Å². The van der Waals surface area contributed by atoms with Crippen LogP contribution < -0.4 is 5.32 Å². The predicted octanol–water partition coefficient (Wildman–Crippen LogP) is 3.57. The van der Waals surface area contributed by atoms with E-state index in [-0.39, 0.29) is 11.8 Å². The molecule has 0 spiro atoms. The van der Waals surface area contributed by atoms with E-state index < -0.39 is 0 Å². The van der Waals surface area contributed by atoms with Crippen molar-refractivity contribution in [2.45, 2.75) is 53.5 Å². The summed E-state index contributed by atoms with van der Waals surface area (Å²) >= 11 is 0. The number of carbonyl (C=O) groups excluding carboxylic acids is 2. The van der Waals surface area contributed by atoms with Gasteiger partial charge in [0.1, 0.15) is 0 Å². The maximum atomic E-state index is 13.0. The second-order valence-electron chi connectivity index (χ2n) is 7.09. The maximum absolute atomic E-state index is 13.0. The minimum atomic E-state index is -0.243. The summed E-state index contributed by atoms with van der Waals surface area (Å²) in [7, 11) is 0. The predicted molar refractivity (Wildman–Crippen MR) is 106 cm³/mol. The molecule has 3 rings (SSSR count). The van der Waals surface area contributed by atoms with Crippen LogP contribution in [-0.4, -0.2) is 39.4 Å². The zero-order valence-electron chi connectivity index (χ0n) is 16.6. The first-order chi connectivity index (χ1) is 13.0. The Kier molecular flexibility index (Phi) is 5.63. The Hall–Kier alpha value is -2.63. The van der Waals surface area contributed by atoms with Gasteiger partial charge in [-0.15, -0.1) is 0 Å². The highest BCUT2D eigenvalue weighted by Gasteiger charge is 2.29. The van der Waals surface area contributed by atoms with Crippen molar-refractivity contribution < 1.29 is 9.59 Å². The fourth-order valence-electron chi connectivity index (χ4n) is 3.59. The van der Waals surface area contributed by atoms with E-state index >= 15 is 0 Å². The van der Waals surface area contributed by atoms with E-state index in [0.717, 1.165) is 48.3 Å². The Labute approximate surface area is 160 Å². The van der Waals surface area contributed by atoms with Crippen molar-refractivity contribution in [2.24, 2.45) is 0 Å². The van der Waals surface area contributed by atoms with Crippen LogP contribution in [0.25, 0.3) is 0 Å². The van der Waals surface area contributed by atoms with Crippen LogP contribution in [0.15, 0.2) is 18.2 Å². The SMILES string of the molecule is CCN(CC)C(=O)c1nc(C(=O)Nc2cc(C)ccc2C)c2n1CCCC2. The summed E-state index contributed by atoms with van der Waals surface area (Å²) < 4.78 is 1.95. The zero-order chi connectivity index (χ0) is 19.6. The Bertz CT molecular complexity index is 865. The molecule has 1 aromatic carbocycles. The molecule has 0 aliphatic carbocycles. The second kappa shape index (κ2) is 7.94. The monoisotopic (exact) mass is 368 g/mol. The first kappa shape index (κ1) is 19.1. The number of imidazole rings is 1. The number of nitrogens with one attached hydrogen (secondary N) is 1. The summed E-state index contributed by atoms with van der Waals surface area (Å²) in [5.74, 6) is 0.0430. The van der Waals surface area contributed by atoms with Crippen LogP contribution in [0, 0.1) is 13.8 Å². The molecule has 144 valence electrons. The summed E-state index contributed by atoms with van der Waals surface area (Å²) in [6, 6.07) is 5.96. The summed E-state index contributed by atoms with van der Waals surface area (Å²) in [5.41, 5.74) is 4.13. The van der Waals surface area contributed by atoms with Gasteiger partial charge in [-0.25, -0.2) is 4.98 Å². The van der Waals surface area contributed by atoms with Crippen LogP contribution in [0.4, 0.5) is 5.69 Å². The van der Waals surface area contributed by atoms with E-state index in [1.807, 2.05) is 50.5 Å². The van der Waals surface area contributed by atoms with E-state index in [9.17, 15) is 9.59 Å². The molecule has 0 atom stereocenters. The number of carbonyl (C=O) groups is 2. The summed E-state index contributed by atoms with van der Waals surface area (Å²) in [6.07, 6.45) is 2.78. The van der Waals surface area contributed by atoms with Gasteiger partial charge in [0.15, 0.2) is 11.5 Å². The third-order valence-electron chi connectivity index (χ3n) is 5.22. The molecule has 2 heterocycles. The molecule has 0 fully saturated rings. The quantitative estimate of drug-likeness (QED) is 0.877. The highest BCUT2D eigenvalue weighted by molar-refractivity contribution is 6.05. The average Bonchev–Trinajstić information content (AvgIpc) is 3.05. The number of benzene rings is 1. The average molecular weight is 368 g/mol. The number of fused-ring (bicyclic) bond motifs is 1. The van der Waals surface area contributed by atoms with Gasteiger partial charge in [0.25, 0.3) is 11.8 Å². The van der Waals surface area contributed by atoms with Crippen LogP contribution in [-0.2, 0) is 13.0 Å². The normalized spacial score (nSPS) is 13.2. The van der Waals surface area contributed by atoms with Crippen molar-refractivity contribution in [1.29, 1.82) is 0 Å². The molecule has 1 aliphatic rings. The molecule has 27 heavy (non-hydrogen) atoms. The lowest BCUT2D eigenvalue weighted by Crippen LogP contribution is -2.33. The zero-order valence-corrected chi connectivity index (χ0v) is 16.6. The van der Waals surface area contributed by atoms with Crippen molar-refractivity contribution in [3.05, 3.63) is 46.5 Å². The Balaban J connectivity index is 1.97. The molecule has 1 aliphatic heterocycles. The fourth-order valence-corrected chi connectivity index (χ4v) is 3.59. The van der Waals surface area contributed by atoms with Crippen molar-refractivity contribution in [3.8, 4) is 0 Å². The van der Waals surface area contributed by atoms with Gasteiger partial charge in [0.2, 0.25) is 0 Å². The lowest BCUT2D eigenvalue weighted by Gasteiger charge is -2.21. The third kappa shape index (κ3) is 3.75. The lowest BCUT2D eigenvalue weighted by molar-refractivity contribution is 0.0754. The number of hydrogen-bond acceptors (Lipinski definition) is 3. The molecule has 2 aromatic rings. The Morgan fingerprint density at radius 1 is 1.19 bits per heavy atom. The van der Waals surface area contributed by atoms with E-state index in [2.05, 4.69) is 10.3 Å². The molecule has 6 heteroatoms. The number of nitrogens with zero attached hydrogens (tertiary/aromatic N) is 3. The molecular weight excluding hydrogens is 340 g/mol. The highest BCUT2D eigenvalue weighted by Crippen LogP contribution is 2.24. The minimum absolute atomic E-state index is 0.103. The third-order valence-corrected chi connectivity index (χ3v) is 5.22.